The molecule has 1 aliphatic rings. The molecule has 0 nitrogen and oxygen atoms in total. The fourth-order valence-corrected chi connectivity index (χ4v) is 3.28. The second kappa shape index (κ2) is 6.66. The summed E-state index contributed by atoms with van der Waals surface area (Å²) in [4.78, 5) is 0. The van der Waals surface area contributed by atoms with Gasteiger partial charge in [-0.25, -0.2) is 0 Å². The summed E-state index contributed by atoms with van der Waals surface area (Å²) < 4.78 is 0. The predicted molar refractivity (Wildman–Crippen MR) is 102 cm³/mol. The maximum absolute atomic E-state index is 3.83. The quantitative estimate of drug-likeness (QED) is 0.589. The van der Waals surface area contributed by atoms with Crippen molar-refractivity contribution in [3.05, 3.63) is 102 Å². The van der Waals surface area contributed by atoms with Gasteiger partial charge in [-0.15, -0.1) is 0 Å². The van der Waals surface area contributed by atoms with Gasteiger partial charge in [0.1, 0.15) is 0 Å². The highest BCUT2D eigenvalue weighted by Gasteiger charge is 2.14. The van der Waals surface area contributed by atoms with Gasteiger partial charge in [0.25, 0.3) is 0 Å². The van der Waals surface area contributed by atoms with E-state index in [1.165, 1.54) is 38.6 Å². The van der Waals surface area contributed by atoms with Crippen LogP contribution in [0, 0.1) is 6.92 Å². The van der Waals surface area contributed by atoms with Crippen LogP contribution >= 0.6 is 0 Å². The van der Waals surface area contributed by atoms with Crippen LogP contribution in [0.3, 0.4) is 0 Å². The van der Waals surface area contributed by atoms with E-state index in [2.05, 4.69) is 87.2 Å². The Morgan fingerprint density at radius 3 is 2.70 bits per heavy atom. The molecule has 0 heterocycles. The van der Waals surface area contributed by atoms with Crippen LogP contribution in [0.1, 0.15) is 24.5 Å². The lowest BCUT2D eigenvalue weighted by atomic mass is 9.89. The average molecular weight is 298 g/mol. The van der Waals surface area contributed by atoms with E-state index in [1.807, 2.05) is 6.08 Å². The van der Waals surface area contributed by atoms with Gasteiger partial charge in [-0.3, -0.25) is 0 Å². The van der Waals surface area contributed by atoms with E-state index in [0.717, 1.165) is 6.42 Å². The average Bonchev–Trinajstić information content (AvgIpc) is 2.77. The summed E-state index contributed by atoms with van der Waals surface area (Å²) >= 11 is 0. The molecule has 0 saturated heterocycles. The second-order valence-electron chi connectivity index (χ2n) is 5.88. The van der Waals surface area contributed by atoms with E-state index in [-0.39, 0.29) is 0 Å². The van der Waals surface area contributed by atoms with Crippen LogP contribution in [0.2, 0.25) is 0 Å². The molecule has 0 aliphatic heterocycles. The molecule has 1 aliphatic carbocycles. The van der Waals surface area contributed by atoms with Gasteiger partial charge in [0.05, 0.1) is 0 Å². The van der Waals surface area contributed by atoms with Crippen LogP contribution in [-0.4, -0.2) is 0 Å². The van der Waals surface area contributed by atoms with Gasteiger partial charge in [0.2, 0.25) is 0 Å². The topological polar surface area (TPSA) is 0 Å². The van der Waals surface area contributed by atoms with Crippen LogP contribution in [0.15, 0.2) is 90.6 Å². The maximum atomic E-state index is 3.83. The zero-order chi connectivity index (χ0) is 16.2. The molecular weight excluding hydrogens is 276 g/mol. The second-order valence-corrected chi connectivity index (χ2v) is 5.88. The Bertz CT molecular complexity index is 870. The summed E-state index contributed by atoms with van der Waals surface area (Å²) in [6.07, 6.45) is 13.7. The zero-order valence-corrected chi connectivity index (χ0v) is 13.8. The molecule has 0 N–H and O–H groups in total. The molecule has 114 valence electrons. The Hall–Kier alpha value is -2.60. The molecule has 0 unspecified atom stereocenters. The minimum atomic E-state index is 0.942. The first-order chi connectivity index (χ1) is 11.2. The van der Waals surface area contributed by atoms with Crippen LogP contribution in [-0.2, 0) is 0 Å². The Balaban J connectivity index is 2.15. The number of fused-ring (bicyclic) bond motifs is 1. The maximum Gasteiger partial charge on any atom is -0.00168 e. The molecule has 2 aromatic carbocycles. The largest absolute Gasteiger partial charge is 0.0990 e. The summed E-state index contributed by atoms with van der Waals surface area (Å²) in [7, 11) is 0. The van der Waals surface area contributed by atoms with Gasteiger partial charge in [0.15, 0.2) is 0 Å². The molecule has 0 saturated carbocycles. The first kappa shape index (κ1) is 15.3. The lowest BCUT2D eigenvalue weighted by molar-refractivity contribution is 1.25. The molecule has 0 spiro atoms. The molecule has 23 heavy (non-hydrogen) atoms. The molecule has 0 bridgehead atoms. The van der Waals surface area contributed by atoms with Crippen LogP contribution < -0.4 is 0 Å². The van der Waals surface area contributed by atoms with Crippen molar-refractivity contribution >= 4 is 16.3 Å². The third-order valence-electron chi connectivity index (χ3n) is 4.43. The summed E-state index contributed by atoms with van der Waals surface area (Å²) in [5.41, 5.74) is 6.65. The number of rotatable bonds is 2. The molecule has 0 aromatic heterocycles. The summed E-state index contributed by atoms with van der Waals surface area (Å²) in [6.45, 7) is 8.14. The molecule has 0 radical (unpaired) electrons. The van der Waals surface area contributed by atoms with Gasteiger partial charge < -0.3 is 0 Å². The fraction of sp³-hybridized carbons (Fsp3) is 0.130. The van der Waals surface area contributed by atoms with E-state index in [4.69, 9.17) is 0 Å². The third-order valence-corrected chi connectivity index (χ3v) is 4.43. The van der Waals surface area contributed by atoms with Crippen molar-refractivity contribution in [3.8, 4) is 0 Å². The van der Waals surface area contributed by atoms with Gasteiger partial charge >= 0.3 is 0 Å². The molecule has 3 rings (SSSR count). The van der Waals surface area contributed by atoms with Crippen molar-refractivity contribution in [2.45, 2.75) is 20.3 Å². The van der Waals surface area contributed by atoms with Crippen molar-refractivity contribution in [3.63, 3.8) is 0 Å². The number of aryl methyl sites for hydroxylation is 1. The Morgan fingerprint density at radius 2 is 1.91 bits per heavy atom. The zero-order valence-electron chi connectivity index (χ0n) is 13.8. The lowest BCUT2D eigenvalue weighted by Crippen LogP contribution is -1.94. The smallest absolute Gasteiger partial charge is 0.00168 e. The van der Waals surface area contributed by atoms with E-state index >= 15 is 0 Å². The third kappa shape index (κ3) is 2.98. The minimum absolute atomic E-state index is 0.942. The SMILES string of the molecule is C=C/C=C1/C=CC=C(c2c(C)ccc3ccccc23)C/C1=C/C. The van der Waals surface area contributed by atoms with Gasteiger partial charge in [-0.1, -0.05) is 79.4 Å². The predicted octanol–water partition coefficient (Wildman–Crippen LogP) is 6.55. The number of benzene rings is 2. The van der Waals surface area contributed by atoms with Crippen molar-refractivity contribution < 1.29 is 0 Å². The standard InChI is InChI=1S/C23H22/c1-4-9-19-11-8-12-21(16-18(19)5-2)23-17(3)14-15-20-10-6-7-13-22(20)23/h4-15H,1,16H2,2-3H3/b18-5-,19-9-. The monoisotopic (exact) mass is 298 g/mol. The molecule has 0 atom stereocenters. The van der Waals surface area contributed by atoms with Gasteiger partial charge in [0, 0.05) is 0 Å². The number of hydrogen-bond acceptors (Lipinski definition) is 0. The lowest BCUT2D eigenvalue weighted by Gasteiger charge is -2.15. The minimum Gasteiger partial charge on any atom is -0.0990 e. The van der Waals surface area contributed by atoms with Crippen molar-refractivity contribution in [1.29, 1.82) is 0 Å². The summed E-state index contributed by atoms with van der Waals surface area (Å²) in [6, 6.07) is 13.1. The number of allylic oxidation sites excluding steroid dienone is 9. The molecule has 0 heteroatoms. The van der Waals surface area contributed by atoms with Crippen LogP contribution in [0.4, 0.5) is 0 Å². The summed E-state index contributed by atoms with van der Waals surface area (Å²) in [5.74, 6) is 0. The van der Waals surface area contributed by atoms with Crippen molar-refractivity contribution in [2.75, 3.05) is 0 Å². The Morgan fingerprint density at radius 1 is 1.09 bits per heavy atom. The van der Waals surface area contributed by atoms with E-state index in [9.17, 15) is 0 Å². The Kier molecular flexibility index (Phi) is 4.43. The molecule has 2 aromatic rings. The van der Waals surface area contributed by atoms with Crippen molar-refractivity contribution in [1.82, 2.24) is 0 Å². The molecule has 0 amide bonds. The fourth-order valence-electron chi connectivity index (χ4n) is 3.28. The highest BCUT2D eigenvalue weighted by molar-refractivity contribution is 5.96. The van der Waals surface area contributed by atoms with Gasteiger partial charge in [-0.05, 0) is 58.9 Å². The first-order valence-electron chi connectivity index (χ1n) is 8.09. The normalized spacial score (nSPS) is 18.3. The first-order valence-corrected chi connectivity index (χ1v) is 8.09. The van der Waals surface area contributed by atoms with E-state index in [0.29, 0.717) is 0 Å². The van der Waals surface area contributed by atoms with Crippen molar-refractivity contribution in [2.24, 2.45) is 0 Å². The Labute approximate surface area is 138 Å². The van der Waals surface area contributed by atoms with Crippen LogP contribution in [0.25, 0.3) is 16.3 Å². The molecular formula is C23H22. The van der Waals surface area contributed by atoms with E-state index < -0.39 is 0 Å². The van der Waals surface area contributed by atoms with Crippen LogP contribution in [0.5, 0.6) is 0 Å². The summed E-state index contributed by atoms with van der Waals surface area (Å²) in [5, 5.41) is 2.63. The highest BCUT2D eigenvalue weighted by Crippen LogP contribution is 2.35. The highest BCUT2D eigenvalue weighted by atomic mass is 14.2. The number of hydrogen-bond donors (Lipinski definition) is 0. The molecule has 0 fully saturated rings. The van der Waals surface area contributed by atoms with Gasteiger partial charge in [-0.2, -0.15) is 0 Å². The van der Waals surface area contributed by atoms with E-state index in [1.54, 1.807) is 0 Å².